The van der Waals surface area contributed by atoms with Gasteiger partial charge in [0.05, 0.1) is 5.02 Å². The van der Waals surface area contributed by atoms with Crippen molar-refractivity contribution >= 4 is 33.2 Å². The van der Waals surface area contributed by atoms with Gasteiger partial charge in [0.1, 0.15) is 11.8 Å². The Hall–Kier alpha value is -1.70. The number of ether oxygens (including phenoxy) is 1. The van der Waals surface area contributed by atoms with Gasteiger partial charge >= 0.3 is 0 Å². The molecule has 1 N–H and O–H groups in total. The van der Waals surface area contributed by atoms with Crippen molar-refractivity contribution in [3.05, 3.63) is 57.5 Å². The van der Waals surface area contributed by atoms with Gasteiger partial charge in [-0.15, -0.1) is 0 Å². The molecule has 2 aromatic carbocycles. The summed E-state index contributed by atoms with van der Waals surface area (Å²) in [5.41, 5.74) is 1.95. The van der Waals surface area contributed by atoms with Crippen molar-refractivity contribution < 1.29 is 4.74 Å². The number of benzene rings is 2. The van der Waals surface area contributed by atoms with E-state index in [-0.39, 0.29) is 6.61 Å². The molecule has 2 aromatic rings. The molecule has 0 aliphatic rings. The molecule has 2 rings (SSSR count). The van der Waals surface area contributed by atoms with E-state index in [0.29, 0.717) is 11.6 Å². The van der Waals surface area contributed by atoms with E-state index in [0.717, 1.165) is 21.5 Å². The van der Waals surface area contributed by atoms with Crippen LogP contribution in [0.3, 0.4) is 0 Å². The number of para-hydroxylation sites is 1. The highest BCUT2D eigenvalue weighted by Crippen LogP contribution is 2.26. The number of nitrogens with one attached hydrogen (secondary N) is 1. The monoisotopic (exact) mass is 350 g/mol. The third kappa shape index (κ3) is 3.89. The van der Waals surface area contributed by atoms with Crippen molar-refractivity contribution in [2.75, 3.05) is 11.9 Å². The van der Waals surface area contributed by atoms with Crippen molar-refractivity contribution in [2.45, 2.75) is 6.54 Å². The predicted molar refractivity (Wildman–Crippen MR) is 84.0 cm³/mol. The lowest BCUT2D eigenvalue weighted by molar-refractivity contribution is 0.364. The summed E-state index contributed by atoms with van der Waals surface area (Å²) in [5.74, 6) is 0.717. The first-order valence-electron chi connectivity index (χ1n) is 5.97. The number of nitrogens with zero attached hydrogens (tertiary/aromatic N) is 1. The summed E-state index contributed by atoms with van der Waals surface area (Å²) in [5, 5.41) is 12.5. The van der Waals surface area contributed by atoms with Gasteiger partial charge in [-0.25, -0.2) is 0 Å². The molecular weight excluding hydrogens is 340 g/mol. The number of halogens is 2. The predicted octanol–water partition coefficient (Wildman–Crippen LogP) is 4.62. The molecule has 5 heteroatoms. The summed E-state index contributed by atoms with van der Waals surface area (Å²) in [6.45, 7) is 0.652. The Labute approximate surface area is 131 Å². The second-order valence-corrected chi connectivity index (χ2v) is 5.30. The van der Waals surface area contributed by atoms with Crippen molar-refractivity contribution in [2.24, 2.45) is 0 Å². The van der Waals surface area contributed by atoms with E-state index in [9.17, 15) is 0 Å². The normalized spacial score (nSPS) is 9.85. The molecule has 0 radical (unpaired) electrons. The van der Waals surface area contributed by atoms with Crippen LogP contribution in [0.2, 0.25) is 5.02 Å². The van der Waals surface area contributed by atoms with Crippen LogP contribution in [-0.2, 0) is 6.54 Å². The van der Waals surface area contributed by atoms with Gasteiger partial charge in [0, 0.05) is 22.3 Å². The topological polar surface area (TPSA) is 45.0 Å². The molecule has 0 fully saturated rings. The molecule has 0 bridgehead atoms. The number of anilines is 1. The van der Waals surface area contributed by atoms with Gasteiger partial charge in [-0.05, 0) is 40.2 Å². The van der Waals surface area contributed by atoms with Gasteiger partial charge in [0.2, 0.25) is 0 Å². The average molecular weight is 352 g/mol. The molecule has 0 heterocycles. The molecule has 0 saturated heterocycles. The number of hydrogen-bond acceptors (Lipinski definition) is 3. The Morgan fingerprint density at radius 3 is 2.80 bits per heavy atom. The molecule has 20 heavy (non-hydrogen) atoms. The van der Waals surface area contributed by atoms with Crippen LogP contribution in [0.4, 0.5) is 5.69 Å². The SMILES string of the molecule is N#CCOc1ccccc1CNc1ccc(Cl)c(Br)c1. The maximum absolute atomic E-state index is 8.57. The fraction of sp³-hybridized carbons (Fsp3) is 0.133. The fourth-order valence-corrected chi connectivity index (χ4v) is 2.20. The highest BCUT2D eigenvalue weighted by molar-refractivity contribution is 9.10. The molecule has 102 valence electrons. The van der Waals surface area contributed by atoms with E-state index >= 15 is 0 Å². The van der Waals surface area contributed by atoms with Gasteiger partial charge in [-0.3, -0.25) is 0 Å². The Balaban J connectivity index is 2.06. The zero-order valence-corrected chi connectivity index (χ0v) is 12.9. The van der Waals surface area contributed by atoms with Gasteiger partial charge in [-0.1, -0.05) is 29.8 Å². The van der Waals surface area contributed by atoms with Crippen molar-refractivity contribution in [1.82, 2.24) is 0 Å². The Morgan fingerprint density at radius 1 is 1.25 bits per heavy atom. The molecular formula is C15H12BrClN2O. The van der Waals surface area contributed by atoms with E-state index in [2.05, 4.69) is 21.2 Å². The average Bonchev–Trinajstić information content (AvgIpc) is 2.47. The molecule has 0 amide bonds. The van der Waals surface area contributed by atoms with Gasteiger partial charge in [0.15, 0.2) is 6.61 Å². The number of hydrogen-bond donors (Lipinski definition) is 1. The van der Waals surface area contributed by atoms with Crippen molar-refractivity contribution in [3.63, 3.8) is 0 Å². The van der Waals surface area contributed by atoms with Gasteiger partial charge in [-0.2, -0.15) is 5.26 Å². The molecule has 0 atom stereocenters. The molecule has 0 saturated carbocycles. The van der Waals surface area contributed by atoms with Crippen LogP contribution in [0, 0.1) is 11.3 Å². The van der Waals surface area contributed by atoms with Crippen LogP contribution in [0.5, 0.6) is 5.75 Å². The van der Waals surface area contributed by atoms with E-state index in [1.165, 1.54) is 0 Å². The largest absolute Gasteiger partial charge is 0.478 e. The minimum atomic E-state index is 0.0451. The third-order valence-electron chi connectivity index (χ3n) is 2.67. The zero-order valence-electron chi connectivity index (χ0n) is 10.6. The van der Waals surface area contributed by atoms with Crippen molar-refractivity contribution in [1.29, 1.82) is 5.26 Å². The first kappa shape index (κ1) is 14.7. The number of nitriles is 1. The molecule has 0 spiro atoms. The summed E-state index contributed by atoms with van der Waals surface area (Å²) < 4.78 is 6.23. The molecule has 0 aliphatic heterocycles. The van der Waals surface area contributed by atoms with Crippen molar-refractivity contribution in [3.8, 4) is 11.8 Å². The minimum absolute atomic E-state index is 0.0451. The lowest BCUT2D eigenvalue weighted by atomic mass is 10.2. The second kappa shape index (κ2) is 7.18. The molecule has 0 aliphatic carbocycles. The smallest absolute Gasteiger partial charge is 0.174 e. The van der Waals surface area contributed by atoms with E-state index in [4.69, 9.17) is 21.6 Å². The summed E-state index contributed by atoms with van der Waals surface area (Å²) >= 11 is 9.34. The van der Waals surface area contributed by atoms with Crippen LogP contribution in [0.1, 0.15) is 5.56 Å². The second-order valence-electron chi connectivity index (χ2n) is 4.04. The minimum Gasteiger partial charge on any atom is -0.478 e. The quantitative estimate of drug-likeness (QED) is 0.855. The third-order valence-corrected chi connectivity index (χ3v) is 3.88. The Morgan fingerprint density at radius 2 is 2.05 bits per heavy atom. The van der Waals surface area contributed by atoms with Crippen LogP contribution in [0.15, 0.2) is 46.9 Å². The maximum Gasteiger partial charge on any atom is 0.174 e. The molecule has 3 nitrogen and oxygen atoms in total. The molecule has 0 unspecified atom stereocenters. The van der Waals surface area contributed by atoms with Crippen LogP contribution in [0.25, 0.3) is 0 Å². The van der Waals surface area contributed by atoms with Crippen LogP contribution < -0.4 is 10.1 Å². The van der Waals surface area contributed by atoms with E-state index in [1.54, 1.807) is 0 Å². The highest BCUT2D eigenvalue weighted by Gasteiger charge is 2.04. The fourth-order valence-electron chi connectivity index (χ4n) is 1.70. The lowest BCUT2D eigenvalue weighted by Crippen LogP contribution is -2.03. The Kier molecular flexibility index (Phi) is 5.28. The summed E-state index contributed by atoms with van der Waals surface area (Å²) in [6, 6.07) is 15.3. The lowest BCUT2D eigenvalue weighted by Gasteiger charge is -2.11. The Bertz CT molecular complexity index is 640. The first-order chi connectivity index (χ1) is 9.70. The first-order valence-corrected chi connectivity index (χ1v) is 7.14. The summed E-state index contributed by atoms with van der Waals surface area (Å²) in [6.07, 6.45) is 0. The summed E-state index contributed by atoms with van der Waals surface area (Å²) in [7, 11) is 0. The van der Waals surface area contributed by atoms with E-state index < -0.39 is 0 Å². The van der Waals surface area contributed by atoms with E-state index in [1.807, 2.05) is 48.5 Å². The maximum atomic E-state index is 8.57. The number of rotatable bonds is 5. The standard InChI is InChI=1S/C15H12BrClN2O/c16-13-9-12(5-6-14(13)17)19-10-11-3-1-2-4-15(11)20-8-7-18/h1-6,9,19H,8,10H2. The van der Waals surface area contributed by atoms with Crippen LogP contribution >= 0.6 is 27.5 Å². The highest BCUT2D eigenvalue weighted by atomic mass is 79.9. The van der Waals surface area contributed by atoms with Gasteiger partial charge < -0.3 is 10.1 Å². The van der Waals surface area contributed by atoms with Crippen LogP contribution in [-0.4, -0.2) is 6.61 Å². The summed E-state index contributed by atoms with van der Waals surface area (Å²) in [4.78, 5) is 0. The molecule has 0 aromatic heterocycles. The zero-order chi connectivity index (χ0) is 14.4. The van der Waals surface area contributed by atoms with Gasteiger partial charge in [0.25, 0.3) is 0 Å².